The second-order valence-corrected chi connectivity index (χ2v) is 6.07. The lowest BCUT2D eigenvalue weighted by atomic mass is 10.0. The van der Waals surface area contributed by atoms with Crippen LogP contribution in [0.3, 0.4) is 0 Å². The van der Waals surface area contributed by atoms with E-state index in [-0.39, 0.29) is 0 Å². The first kappa shape index (κ1) is 17.1. The second-order valence-electron chi connectivity index (χ2n) is 5.30. The minimum absolute atomic E-state index is 0.415. The molecule has 0 bridgehead atoms. The molecule has 0 spiro atoms. The molecule has 0 aliphatic carbocycles. The van der Waals surface area contributed by atoms with Crippen LogP contribution in [0.25, 0.3) is 0 Å². The number of benzene rings is 1. The minimum atomic E-state index is 0.415. The van der Waals surface area contributed by atoms with Gasteiger partial charge in [-0.15, -0.1) is 0 Å². The first-order chi connectivity index (χ1) is 11.0. The number of aromatic nitrogens is 2. The van der Waals surface area contributed by atoms with Crippen LogP contribution in [0.2, 0.25) is 0 Å². The molecule has 1 aromatic carbocycles. The van der Waals surface area contributed by atoms with Gasteiger partial charge in [-0.05, 0) is 42.4 Å². The van der Waals surface area contributed by atoms with E-state index in [9.17, 15) is 4.79 Å². The third-order valence-corrected chi connectivity index (χ3v) is 3.63. The molecule has 2 N–H and O–H groups in total. The number of amides is 1. The fourth-order valence-electron chi connectivity index (χ4n) is 2.00. The van der Waals surface area contributed by atoms with Crippen LogP contribution in [0.4, 0.5) is 5.82 Å². The average molecular weight is 332 g/mol. The number of carbonyl (C=O) groups is 1. The lowest BCUT2D eigenvalue weighted by Gasteiger charge is -2.12. The number of thioether (sulfide) groups is 1. The number of hydrogen-bond acceptors (Lipinski definition) is 6. The molecule has 1 amide bonds. The van der Waals surface area contributed by atoms with Crippen molar-refractivity contribution >= 4 is 24.0 Å². The molecule has 1 aromatic heterocycles. The zero-order chi connectivity index (χ0) is 16.8. The lowest BCUT2D eigenvalue weighted by Crippen LogP contribution is -2.20. The molecule has 2 aromatic rings. The molecule has 1 heterocycles. The van der Waals surface area contributed by atoms with Gasteiger partial charge in [-0.25, -0.2) is 4.98 Å². The normalized spacial score (nSPS) is 10.5. The van der Waals surface area contributed by atoms with E-state index in [0.29, 0.717) is 29.2 Å². The summed E-state index contributed by atoms with van der Waals surface area (Å²) in [5.41, 5.74) is 7.37. The summed E-state index contributed by atoms with van der Waals surface area (Å²) in [7, 11) is 0. The lowest BCUT2D eigenvalue weighted by molar-refractivity contribution is -0.109. The average Bonchev–Trinajstić information content (AvgIpc) is 2.52. The Bertz CT molecular complexity index is 692. The van der Waals surface area contributed by atoms with E-state index in [1.54, 1.807) is 6.07 Å². The predicted molar refractivity (Wildman–Crippen MR) is 92.0 cm³/mol. The van der Waals surface area contributed by atoms with Gasteiger partial charge in [-0.3, -0.25) is 15.6 Å². The maximum Gasteiger partial charge on any atom is 0.225 e. The topological polar surface area (TPSA) is 76.1 Å². The van der Waals surface area contributed by atoms with Crippen molar-refractivity contribution in [1.29, 1.82) is 0 Å². The molecular weight excluding hydrogens is 312 g/mol. The van der Waals surface area contributed by atoms with E-state index in [2.05, 4.69) is 40.7 Å². The van der Waals surface area contributed by atoms with Crippen LogP contribution in [0.15, 0.2) is 29.4 Å². The number of hydrazine groups is 1. The molecule has 0 aliphatic heterocycles. The molecule has 0 aliphatic rings. The molecule has 6 nitrogen and oxygen atoms in total. The fraction of sp³-hybridized carbons (Fsp3) is 0.312. The van der Waals surface area contributed by atoms with Crippen molar-refractivity contribution in [3.63, 3.8) is 0 Å². The van der Waals surface area contributed by atoms with Gasteiger partial charge in [-0.1, -0.05) is 31.7 Å². The van der Waals surface area contributed by atoms with E-state index >= 15 is 0 Å². The molecule has 0 radical (unpaired) electrons. The maximum atomic E-state index is 10.4. The molecule has 23 heavy (non-hydrogen) atoms. The van der Waals surface area contributed by atoms with Crippen LogP contribution in [-0.2, 0) is 4.79 Å². The monoisotopic (exact) mass is 332 g/mol. The minimum Gasteiger partial charge on any atom is -0.439 e. The SMILES string of the molecule is CSc1nc(NNC=O)cc(Oc2cc(C)cc(C(C)C)c2)n1. The highest BCUT2D eigenvalue weighted by atomic mass is 32.2. The molecule has 0 saturated carbocycles. The van der Waals surface area contributed by atoms with Gasteiger partial charge < -0.3 is 4.74 Å². The van der Waals surface area contributed by atoms with Crippen LogP contribution in [0.5, 0.6) is 11.6 Å². The summed E-state index contributed by atoms with van der Waals surface area (Å²) in [4.78, 5) is 19.0. The zero-order valence-corrected chi connectivity index (χ0v) is 14.4. The van der Waals surface area contributed by atoms with Crippen LogP contribution in [0.1, 0.15) is 30.9 Å². The summed E-state index contributed by atoms with van der Waals surface area (Å²) in [5.74, 6) is 2.02. The van der Waals surface area contributed by atoms with Crippen molar-refractivity contribution in [3.8, 4) is 11.6 Å². The van der Waals surface area contributed by atoms with E-state index in [4.69, 9.17) is 4.74 Å². The number of anilines is 1. The van der Waals surface area contributed by atoms with Crippen molar-refractivity contribution in [2.75, 3.05) is 11.7 Å². The number of carbonyl (C=O) groups excluding carboxylic acids is 1. The molecular formula is C16H20N4O2S. The number of ether oxygens (including phenoxy) is 1. The number of nitrogens with zero attached hydrogens (tertiary/aromatic N) is 2. The predicted octanol–water partition coefficient (Wildman–Crippen LogP) is 3.50. The van der Waals surface area contributed by atoms with Gasteiger partial charge in [0.25, 0.3) is 0 Å². The molecule has 0 atom stereocenters. The summed E-state index contributed by atoms with van der Waals surface area (Å²) < 4.78 is 5.89. The largest absolute Gasteiger partial charge is 0.439 e. The van der Waals surface area contributed by atoms with Crippen molar-refractivity contribution < 1.29 is 9.53 Å². The number of rotatable bonds is 7. The first-order valence-electron chi connectivity index (χ1n) is 7.19. The van der Waals surface area contributed by atoms with Crippen molar-refractivity contribution in [1.82, 2.24) is 15.4 Å². The third-order valence-electron chi connectivity index (χ3n) is 3.09. The van der Waals surface area contributed by atoms with E-state index in [1.165, 1.54) is 17.3 Å². The Morgan fingerprint density at radius 1 is 1.22 bits per heavy atom. The van der Waals surface area contributed by atoms with Crippen LogP contribution < -0.4 is 15.6 Å². The molecule has 0 unspecified atom stereocenters. The van der Waals surface area contributed by atoms with Gasteiger partial charge in [0.1, 0.15) is 5.75 Å². The summed E-state index contributed by atoms with van der Waals surface area (Å²) in [6, 6.07) is 7.75. The van der Waals surface area contributed by atoms with Crippen molar-refractivity contribution in [3.05, 3.63) is 35.4 Å². The Hall–Kier alpha value is -2.28. The molecule has 0 fully saturated rings. The third kappa shape index (κ3) is 4.85. The highest BCUT2D eigenvalue weighted by Crippen LogP contribution is 2.28. The summed E-state index contributed by atoms with van der Waals surface area (Å²) in [6.07, 6.45) is 2.41. The van der Waals surface area contributed by atoms with Gasteiger partial charge in [0.05, 0.1) is 0 Å². The van der Waals surface area contributed by atoms with E-state index in [1.807, 2.05) is 25.3 Å². The molecule has 2 rings (SSSR count). The van der Waals surface area contributed by atoms with Crippen LogP contribution in [0, 0.1) is 6.92 Å². The Kier molecular flexibility index (Phi) is 5.81. The smallest absolute Gasteiger partial charge is 0.225 e. The first-order valence-corrected chi connectivity index (χ1v) is 8.42. The quantitative estimate of drug-likeness (QED) is 0.350. The standard InChI is InChI=1S/C16H20N4O2S/c1-10(2)12-5-11(3)6-13(7-12)22-15-8-14(20-17-9-21)18-16(19-15)23-4/h5-10H,1-4H3,(H,17,21)(H,18,19,20). The van der Waals surface area contributed by atoms with Gasteiger partial charge in [-0.2, -0.15) is 4.98 Å². The maximum absolute atomic E-state index is 10.4. The second kappa shape index (κ2) is 7.82. The van der Waals surface area contributed by atoms with Crippen LogP contribution >= 0.6 is 11.8 Å². The Balaban J connectivity index is 2.29. The van der Waals surface area contributed by atoms with Crippen molar-refractivity contribution in [2.45, 2.75) is 31.8 Å². The van der Waals surface area contributed by atoms with Gasteiger partial charge in [0.15, 0.2) is 11.0 Å². The van der Waals surface area contributed by atoms with Crippen molar-refractivity contribution in [2.24, 2.45) is 0 Å². The Morgan fingerprint density at radius 3 is 2.65 bits per heavy atom. The number of nitrogens with one attached hydrogen (secondary N) is 2. The summed E-state index contributed by atoms with van der Waals surface area (Å²) in [6.45, 7) is 6.32. The van der Waals surface area contributed by atoms with Gasteiger partial charge in [0, 0.05) is 6.07 Å². The highest BCUT2D eigenvalue weighted by molar-refractivity contribution is 7.98. The molecule has 122 valence electrons. The summed E-state index contributed by atoms with van der Waals surface area (Å²) >= 11 is 1.39. The van der Waals surface area contributed by atoms with E-state index in [0.717, 1.165) is 11.3 Å². The summed E-state index contributed by atoms with van der Waals surface area (Å²) in [5, 5.41) is 0.550. The van der Waals surface area contributed by atoms with Crippen LogP contribution in [-0.4, -0.2) is 22.6 Å². The van der Waals surface area contributed by atoms with Gasteiger partial charge in [0.2, 0.25) is 12.3 Å². The Morgan fingerprint density at radius 2 is 2.00 bits per heavy atom. The number of hydrogen-bond donors (Lipinski definition) is 2. The Labute approximate surface area is 140 Å². The molecule has 7 heteroatoms. The van der Waals surface area contributed by atoms with E-state index < -0.39 is 0 Å². The fourth-order valence-corrected chi connectivity index (χ4v) is 2.38. The highest BCUT2D eigenvalue weighted by Gasteiger charge is 2.08. The van der Waals surface area contributed by atoms with Gasteiger partial charge >= 0.3 is 0 Å². The number of aryl methyl sites for hydroxylation is 1. The zero-order valence-electron chi connectivity index (χ0n) is 13.6. The molecule has 0 saturated heterocycles.